The van der Waals surface area contributed by atoms with Gasteiger partial charge in [-0.05, 0) is 45.8 Å². The summed E-state index contributed by atoms with van der Waals surface area (Å²) in [6, 6.07) is 30.7. The molecule has 32 heavy (non-hydrogen) atoms. The Kier molecular flexibility index (Phi) is 5.26. The molecule has 0 radical (unpaired) electrons. The fourth-order valence-electron chi connectivity index (χ4n) is 4.06. The lowest BCUT2D eigenvalue weighted by Crippen LogP contribution is -2.10. The van der Waals surface area contributed by atoms with Gasteiger partial charge >= 0.3 is 5.97 Å². The van der Waals surface area contributed by atoms with Gasteiger partial charge in [0.1, 0.15) is 11.5 Å². The van der Waals surface area contributed by atoms with Crippen molar-refractivity contribution in [1.29, 1.82) is 0 Å². The van der Waals surface area contributed by atoms with Gasteiger partial charge < -0.3 is 9.47 Å². The number of hydrogen-bond acceptors (Lipinski definition) is 3. The Hall–Kier alpha value is -3.82. The lowest BCUT2D eigenvalue weighted by Gasteiger charge is -2.18. The number of carbonyl (C=O) groups is 1. The van der Waals surface area contributed by atoms with Gasteiger partial charge in [-0.25, -0.2) is 4.79 Å². The van der Waals surface area contributed by atoms with E-state index in [1.807, 2.05) is 60.7 Å². The van der Waals surface area contributed by atoms with E-state index in [-0.39, 0.29) is 0 Å². The van der Waals surface area contributed by atoms with E-state index in [4.69, 9.17) is 21.1 Å². The Bertz CT molecular complexity index is 1470. The number of methoxy groups -OCH3 is 1. The fourth-order valence-corrected chi connectivity index (χ4v) is 4.27. The molecular weight excluding hydrogens is 420 g/mol. The minimum atomic E-state index is -0.508. The zero-order valence-electron chi connectivity index (χ0n) is 17.3. The molecule has 0 fully saturated rings. The topological polar surface area (TPSA) is 35.5 Å². The van der Waals surface area contributed by atoms with Crippen LogP contribution in [0.15, 0.2) is 97.1 Å². The predicted molar refractivity (Wildman–Crippen MR) is 130 cm³/mol. The summed E-state index contributed by atoms with van der Waals surface area (Å²) in [6.45, 7) is 0. The molecule has 0 aliphatic carbocycles. The first-order chi connectivity index (χ1) is 15.7. The van der Waals surface area contributed by atoms with Gasteiger partial charge in [-0.15, -0.1) is 0 Å². The van der Waals surface area contributed by atoms with Crippen molar-refractivity contribution in [2.24, 2.45) is 0 Å². The van der Waals surface area contributed by atoms with Gasteiger partial charge in [0.15, 0.2) is 0 Å². The van der Waals surface area contributed by atoms with Gasteiger partial charge in [-0.3, -0.25) is 0 Å². The minimum absolute atomic E-state index is 0.318. The first-order valence-corrected chi connectivity index (χ1v) is 10.6. The molecule has 5 aromatic rings. The normalized spacial score (nSPS) is 10.9. The molecule has 0 heterocycles. The van der Waals surface area contributed by atoms with Crippen LogP contribution in [0.25, 0.3) is 32.7 Å². The highest BCUT2D eigenvalue weighted by Gasteiger charge is 2.21. The van der Waals surface area contributed by atoms with Crippen molar-refractivity contribution in [3.8, 4) is 22.6 Å². The number of fused-ring (bicyclic) bond motifs is 2. The monoisotopic (exact) mass is 438 g/mol. The highest BCUT2D eigenvalue weighted by Crippen LogP contribution is 2.45. The van der Waals surface area contributed by atoms with E-state index >= 15 is 0 Å². The summed E-state index contributed by atoms with van der Waals surface area (Å²) in [5, 5.41) is 4.43. The number of benzene rings is 5. The van der Waals surface area contributed by atoms with Crippen molar-refractivity contribution in [3.63, 3.8) is 0 Å². The van der Waals surface area contributed by atoms with Crippen molar-refractivity contribution in [3.05, 3.63) is 108 Å². The van der Waals surface area contributed by atoms with Gasteiger partial charge in [0.2, 0.25) is 0 Å². The van der Waals surface area contributed by atoms with E-state index in [1.54, 1.807) is 31.4 Å². The molecule has 0 unspecified atom stereocenters. The average Bonchev–Trinajstić information content (AvgIpc) is 2.83. The molecule has 5 aromatic carbocycles. The van der Waals surface area contributed by atoms with Crippen LogP contribution in [-0.4, -0.2) is 13.1 Å². The van der Waals surface area contributed by atoms with Crippen LogP contribution >= 0.6 is 11.6 Å². The summed E-state index contributed by atoms with van der Waals surface area (Å²) >= 11 is 6.24. The van der Waals surface area contributed by atoms with Gasteiger partial charge in [0.05, 0.1) is 17.7 Å². The summed E-state index contributed by atoms with van der Waals surface area (Å²) < 4.78 is 11.7. The molecule has 5 rings (SSSR count). The highest BCUT2D eigenvalue weighted by molar-refractivity contribution is 6.33. The third kappa shape index (κ3) is 3.47. The van der Waals surface area contributed by atoms with Crippen LogP contribution in [0, 0.1) is 0 Å². The summed E-state index contributed by atoms with van der Waals surface area (Å²) in [7, 11) is 1.65. The third-order valence-corrected chi connectivity index (χ3v) is 5.88. The predicted octanol–water partition coefficient (Wildman–Crippen LogP) is 7.54. The fraction of sp³-hybridized carbons (Fsp3) is 0.0357. The Morgan fingerprint density at radius 2 is 1.19 bits per heavy atom. The second kappa shape index (κ2) is 8.37. The zero-order chi connectivity index (χ0) is 22.1. The molecular formula is C28H19ClO3. The molecule has 0 spiro atoms. The first kappa shape index (κ1) is 20.1. The maximum atomic E-state index is 13.0. The Morgan fingerprint density at radius 1 is 0.656 bits per heavy atom. The van der Waals surface area contributed by atoms with Crippen molar-refractivity contribution in [2.45, 2.75) is 0 Å². The molecule has 0 aliphatic heterocycles. The number of halogens is 1. The second-order valence-corrected chi connectivity index (χ2v) is 7.80. The number of rotatable bonds is 4. The zero-order valence-corrected chi connectivity index (χ0v) is 18.1. The molecule has 0 aromatic heterocycles. The quantitative estimate of drug-likeness (QED) is 0.215. The molecule has 0 saturated carbocycles. The van der Waals surface area contributed by atoms with Gasteiger partial charge in [-0.2, -0.15) is 0 Å². The highest BCUT2D eigenvalue weighted by atomic mass is 35.5. The third-order valence-electron chi connectivity index (χ3n) is 5.55. The van der Waals surface area contributed by atoms with Gasteiger partial charge in [0, 0.05) is 11.1 Å². The van der Waals surface area contributed by atoms with Crippen molar-refractivity contribution >= 4 is 39.1 Å². The SMILES string of the molecule is COc1ccc2ccccc2c1-c1c(OC(=O)c2ccccc2Cl)ccc2ccccc12. The molecule has 0 amide bonds. The molecule has 0 aliphatic rings. The van der Waals surface area contributed by atoms with Crippen molar-refractivity contribution < 1.29 is 14.3 Å². The molecule has 0 saturated heterocycles. The summed E-state index contributed by atoms with van der Waals surface area (Å²) in [4.78, 5) is 13.0. The summed E-state index contributed by atoms with van der Waals surface area (Å²) in [5.41, 5.74) is 2.00. The van der Waals surface area contributed by atoms with E-state index in [9.17, 15) is 4.79 Å². The maximum absolute atomic E-state index is 13.0. The first-order valence-electron chi connectivity index (χ1n) is 10.2. The Morgan fingerprint density at radius 3 is 1.81 bits per heavy atom. The number of esters is 1. The number of hydrogen-bond donors (Lipinski definition) is 0. The van der Waals surface area contributed by atoms with E-state index < -0.39 is 5.97 Å². The standard InChI is InChI=1S/C28H19ClO3/c1-31-24-16-14-18-8-2-4-10-20(18)26(24)27-21-11-5-3-9-19(21)15-17-25(27)32-28(30)22-12-6-7-13-23(22)29/h2-17H,1H3. The summed E-state index contributed by atoms with van der Waals surface area (Å²) in [5.74, 6) is 0.643. The van der Waals surface area contributed by atoms with Crippen LogP contribution in [0.2, 0.25) is 5.02 Å². The number of ether oxygens (including phenoxy) is 2. The lowest BCUT2D eigenvalue weighted by molar-refractivity contribution is 0.0736. The maximum Gasteiger partial charge on any atom is 0.345 e. The smallest absolute Gasteiger partial charge is 0.345 e. The van der Waals surface area contributed by atoms with Crippen molar-refractivity contribution in [1.82, 2.24) is 0 Å². The minimum Gasteiger partial charge on any atom is -0.496 e. The largest absolute Gasteiger partial charge is 0.496 e. The Balaban J connectivity index is 1.79. The molecule has 156 valence electrons. The Labute approximate surface area is 190 Å². The van der Waals surface area contributed by atoms with E-state index in [2.05, 4.69) is 12.1 Å². The van der Waals surface area contributed by atoms with Crippen LogP contribution in [0.3, 0.4) is 0 Å². The van der Waals surface area contributed by atoms with Gasteiger partial charge in [0.25, 0.3) is 0 Å². The summed E-state index contributed by atoms with van der Waals surface area (Å²) in [6.07, 6.45) is 0. The van der Waals surface area contributed by atoms with E-state index in [1.165, 1.54) is 0 Å². The molecule has 0 N–H and O–H groups in total. The van der Waals surface area contributed by atoms with Crippen LogP contribution < -0.4 is 9.47 Å². The molecule has 4 heteroatoms. The van der Waals surface area contributed by atoms with Crippen LogP contribution in [-0.2, 0) is 0 Å². The van der Waals surface area contributed by atoms with E-state index in [0.717, 1.165) is 32.7 Å². The van der Waals surface area contributed by atoms with Crippen LogP contribution in [0.5, 0.6) is 11.5 Å². The second-order valence-electron chi connectivity index (χ2n) is 7.39. The van der Waals surface area contributed by atoms with Gasteiger partial charge in [-0.1, -0.05) is 84.4 Å². The molecule has 3 nitrogen and oxygen atoms in total. The molecule has 0 bridgehead atoms. The molecule has 0 atom stereocenters. The van der Waals surface area contributed by atoms with Crippen molar-refractivity contribution in [2.75, 3.05) is 7.11 Å². The lowest BCUT2D eigenvalue weighted by atomic mass is 9.92. The number of carbonyl (C=O) groups excluding carboxylic acids is 1. The van der Waals surface area contributed by atoms with Crippen LogP contribution in [0.4, 0.5) is 0 Å². The van der Waals surface area contributed by atoms with E-state index in [0.29, 0.717) is 22.1 Å². The average molecular weight is 439 g/mol. The van der Waals surface area contributed by atoms with Crippen LogP contribution in [0.1, 0.15) is 10.4 Å².